The largest absolute Gasteiger partial charge is 0.493 e. The van der Waals surface area contributed by atoms with Gasteiger partial charge in [-0.3, -0.25) is 14.7 Å². The smallest absolute Gasteiger partial charge is 0.409 e. The van der Waals surface area contributed by atoms with Gasteiger partial charge in [0.2, 0.25) is 0 Å². The van der Waals surface area contributed by atoms with Crippen LogP contribution in [0.2, 0.25) is 0 Å². The minimum Gasteiger partial charge on any atom is -0.493 e. The van der Waals surface area contributed by atoms with Gasteiger partial charge in [-0.15, -0.1) is 0 Å². The first-order chi connectivity index (χ1) is 21.5. The van der Waals surface area contributed by atoms with E-state index in [2.05, 4.69) is 40.2 Å². The van der Waals surface area contributed by atoms with Crippen molar-refractivity contribution in [1.29, 1.82) is 0 Å². The molecule has 3 aliphatic rings. The number of ether oxygens (including phenoxy) is 4. The van der Waals surface area contributed by atoms with Crippen LogP contribution in [-0.4, -0.2) is 98.3 Å². The first-order valence-electron chi connectivity index (χ1n) is 15.3. The summed E-state index contributed by atoms with van der Waals surface area (Å²) < 4.78 is 22.5. The topological polar surface area (TPSA) is 93.7 Å². The van der Waals surface area contributed by atoms with Crippen LogP contribution in [0.4, 0.5) is 4.79 Å². The van der Waals surface area contributed by atoms with Crippen molar-refractivity contribution in [2.75, 3.05) is 66.6 Å². The Labute approximate surface area is 258 Å². The van der Waals surface area contributed by atoms with E-state index in [0.717, 1.165) is 36.7 Å². The van der Waals surface area contributed by atoms with Crippen LogP contribution in [0.5, 0.6) is 17.2 Å². The zero-order chi connectivity index (χ0) is 30.5. The molecular formula is C34H40N4O6. The average molecular weight is 601 g/mol. The number of piperazine rings is 1. The highest BCUT2D eigenvalue weighted by molar-refractivity contribution is 5.93. The molecule has 0 N–H and O–H groups in total. The second kappa shape index (κ2) is 13.5. The van der Waals surface area contributed by atoms with Crippen LogP contribution in [0.3, 0.4) is 0 Å². The number of aromatic nitrogens is 1. The number of carbonyl (C=O) groups excluding carboxylic acids is 2. The number of amides is 2. The Morgan fingerprint density at radius 3 is 2.27 bits per heavy atom. The Bertz CT molecular complexity index is 1450. The summed E-state index contributed by atoms with van der Waals surface area (Å²) in [6, 6.07) is 18.2. The Hall–Kier alpha value is -4.31. The molecule has 1 saturated carbocycles. The van der Waals surface area contributed by atoms with Gasteiger partial charge in [0.1, 0.15) is 24.7 Å². The van der Waals surface area contributed by atoms with E-state index in [1.165, 1.54) is 25.5 Å². The monoisotopic (exact) mass is 600 g/mol. The molecule has 44 heavy (non-hydrogen) atoms. The molecule has 0 radical (unpaired) electrons. The average Bonchev–Trinajstić information content (AvgIpc) is 3.89. The van der Waals surface area contributed by atoms with Crippen molar-refractivity contribution in [3.05, 3.63) is 83.2 Å². The summed E-state index contributed by atoms with van der Waals surface area (Å²) in [4.78, 5) is 34.9. The first kappa shape index (κ1) is 29.7. The number of methoxy groups -OCH3 is 2. The summed E-state index contributed by atoms with van der Waals surface area (Å²) in [5.74, 6) is 2.88. The van der Waals surface area contributed by atoms with Crippen molar-refractivity contribution in [2.24, 2.45) is 0 Å². The Morgan fingerprint density at radius 1 is 0.818 bits per heavy atom. The van der Waals surface area contributed by atoms with Crippen molar-refractivity contribution in [1.82, 2.24) is 19.7 Å². The number of hydrogen-bond donors (Lipinski definition) is 0. The summed E-state index contributed by atoms with van der Waals surface area (Å²) in [6.45, 7) is 5.73. The molecule has 2 aliphatic heterocycles. The van der Waals surface area contributed by atoms with Gasteiger partial charge in [0.05, 0.1) is 14.2 Å². The number of nitrogens with zero attached hydrogens (tertiary/aromatic N) is 4. The molecule has 10 nitrogen and oxygen atoms in total. The van der Waals surface area contributed by atoms with Crippen molar-refractivity contribution >= 4 is 12.0 Å². The minimum absolute atomic E-state index is 0.106. The van der Waals surface area contributed by atoms with Crippen LogP contribution < -0.4 is 14.2 Å². The third-order valence-corrected chi connectivity index (χ3v) is 8.68. The van der Waals surface area contributed by atoms with E-state index in [4.69, 9.17) is 18.9 Å². The maximum atomic E-state index is 13.2. The van der Waals surface area contributed by atoms with Gasteiger partial charge in [-0.1, -0.05) is 30.3 Å². The lowest BCUT2D eigenvalue weighted by Crippen LogP contribution is -2.49. The maximum Gasteiger partial charge on any atom is 0.409 e. The molecule has 232 valence electrons. The molecule has 3 aromatic rings. The molecule has 6 rings (SSSR count). The predicted octanol–water partition coefficient (Wildman–Crippen LogP) is 4.55. The van der Waals surface area contributed by atoms with Gasteiger partial charge in [-0.25, -0.2) is 4.79 Å². The van der Waals surface area contributed by atoms with E-state index in [-0.39, 0.29) is 17.9 Å². The standard InChI is InChI=1S/C34H40N4O6/c1-41-32-19-27(9-10-31(32)44-23-24-3-5-25(6-4-24)26-7-8-26)28-21-38(22-28)33(39)30-20-29(11-12-35-30)43-18-17-36-13-15-37(16-14-36)34(40)42-2/h3-6,9-12,19-20,26,28H,7-8,13-18,21-23H2,1-2H3. The highest BCUT2D eigenvalue weighted by Gasteiger charge is 2.33. The van der Waals surface area contributed by atoms with E-state index >= 15 is 0 Å². The molecule has 1 aromatic heterocycles. The number of rotatable bonds is 11. The van der Waals surface area contributed by atoms with Crippen molar-refractivity contribution in [3.63, 3.8) is 0 Å². The predicted molar refractivity (Wildman–Crippen MR) is 165 cm³/mol. The fourth-order valence-electron chi connectivity index (χ4n) is 5.73. The maximum absolute atomic E-state index is 13.2. The highest BCUT2D eigenvalue weighted by atomic mass is 16.5. The molecule has 1 aliphatic carbocycles. The zero-order valence-corrected chi connectivity index (χ0v) is 25.4. The zero-order valence-electron chi connectivity index (χ0n) is 25.4. The molecule has 0 atom stereocenters. The summed E-state index contributed by atoms with van der Waals surface area (Å²) >= 11 is 0. The number of carbonyl (C=O) groups is 2. The molecule has 0 spiro atoms. The van der Waals surface area contributed by atoms with Gasteiger partial charge in [0.25, 0.3) is 5.91 Å². The fraction of sp³-hybridized carbons (Fsp3) is 0.441. The molecule has 0 unspecified atom stereocenters. The molecule has 10 heteroatoms. The van der Waals surface area contributed by atoms with E-state index < -0.39 is 0 Å². The number of likely N-dealkylation sites (tertiary alicyclic amines) is 1. The van der Waals surface area contributed by atoms with Gasteiger partial charge in [-0.05, 0) is 53.6 Å². The molecular weight excluding hydrogens is 560 g/mol. The minimum atomic E-state index is -0.285. The SMILES string of the molecule is COC(=O)N1CCN(CCOc2ccnc(C(=O)N3CC(c4ccc(OCc5ccc(C6CC6)cc5)c(OC)c4)C3)c2)CC1. The quantitative estimate of drug-likeness (QED) is 0.317. The molecule has 3 heterocycles. The lowest BCUT2D eigenvalue weighted by atomic mass is 9.91. The highest BCUT2D eigenvalue weighted by Crippen LogP contribution is 2.40. The van der Waals surface area contributed by atoms with E-state index in [1.807, 2.05) is 12.1 Å². The van der Waals surface area contributed by atoms with Crippen molar-refractivity contribution < 1.29 is 28.5 Å². The van der Waals surface area contributed by atoms with Gasteiger partial charge in [0, 0.05) is 64.0 Å². The lowest BCUT2D eigenvalue weighted by molar-refractivity contribution is 0.0595. The normalized spacial score (nSPS) is 17.1. The van der Waals surface area contributed by atoms with Crippen LogP contribution in [0.15, 0.2) is 60.8 Å². The third-order valence-electron chi connectivity index (χ3n) is 8.68. The van der Waals surface area contributed by atoms with Gasteiger partial charge >= 0.3 is 6.09 Å². The number of hydrogen-bond acceptors (Lipinski definition) is 8. The van der Waals surface area contributed by atoms with Gasteiger partial charge in [-0.2, -0.15) is 0 Å². The number of pyridine rings is 1. The third kappa shape index (κ3) is 7.07. The van der Waals surface area contributed by atoms with E-state index in [0.29, 0.717) is 62.3 Å². The van der Waals surface area contributed by atoms with Crippen LogP contribution in [-0.2, 0) is 11.3 Å². The van der Waals surface area contributed by atoms with E-state index in [1.54, 1.807) is 35.2 Å². The van der Waals surface area contributed by atoms with Crippen molar-refractivity contribution in [2.45, 2.75) is 31.3 Å². The number of benzene rings is 2. The second-order valence-electron chi connectivity index (χ2n) is 11.6. The van der Waals surface area contributed by atoms with Crippen LogP contribution in [0, 0.1) is 0 Å². The van der Waals surface area contributed by atoms with Gasteiger partial charge in [0.15, 0.2) is 11.5 Å². The Balaban J connectivity index is 0.960. The summed E-state index contributed by atoms with van der Waals surface area (Å²) in [5.41, 5.74) is 4.04. The van der Waals surface area contributed by atoms with Crippen LogP contribution >= 0.6 is 0 Å². The summed E-state index contributed by atoms with van der Waals surface area (Å²) in [6.07, 6.45) is 3.92. The second-order valence-corrected chi connectivity index (χ2v) is 11.6. The van der Waals surface area contributed by atoms with E-state index in [9.17, 15) is 9.59 Å². The van der Waals surface area contributed by atoms with Gasteiger partial charge < -0.3 is 28.7 Å². The van der Waals surface area contributed by atoms with Crippen LogP contribution in [0.1, 0.15) is 51.9 Å². The van der Waals surface area contributed by atoms with Crippen molar-refractivity contribution in [3.8, 4) is 17.2 Å². The summed E-state index contributed by atoms with van der Waals surface area (Å²) in [5, 5.41) is 0. The molecule has 2 saturated heterocycles. The molecule has 0 bridgehead atoms. The van der Waals surface area contributed by atoms with Crippen LogP contribution in [0.25, 0.3) is 0 Å². The first-order valence-corrected chi connectivity index (χ1v) is 15.3. The fourth-order valence-corrected chi connectivity index (χ4v) is 5.73. The molecule has 2 amide bonds. The molecule has 2 aromatic carbocycles. The Morgan fingerprint density at radius 2 is 1.57 bits per heavy atom. The molecule has 3 fully saturated rings. The lowest BCUT2D eigenvalue weighted by Gasteiger charge is -2.39. The Kier molecular flexibility index (Phi) is 9.16. The summed E-state index contributed by atoms with van der Waals surface area (Å²) in [7, 11) is 3.05.